The largest absolute Gasteiger partial charge is 0.491 e. The van der Waals surface area contributed by atoms with Crippen molar-refractivity contribution in [2.75, 3.05) is 12.4 Å². The molecular weight excluding hydrogens is 350 g/mol. The number of aryl methyl sites for hydroxylation is 1. The van der Waals surface area contributed by atoms with Crippen LogP contribution < -0.4 is 4.74 Å². The lowest BCUT2D eigenvalue weighted by molar-refractivity contribution is 0.126. The quantitative estimate of drug-likeness (QED) is 0.574. The van der Waals surface area contributed by atoms with Gasteiger partial charge in [0.05, 0.1) is 16.3 Å². The van der Waals surface area contributed by atoms with Crippen molar-refractivity contribution >= 4 is 33.3 Å². The van der Waals surface area contributed by atoms with Crippen LogP contribution in [0.4, 0.5) is 0 Å². The van der Waals surface area contributed by atoms with E-state index >= 15 is 0 Å². The second kappa shape index (κ2) is 8.21. The van der Waals surface area contributed by atoms with E-state index in [9.17, 15) is 5.11 Å². The first kappa shape index (κ1) is 18.2. The van der Waals surface area contributed by atoms with Gasteiger partial charge in [-0.3, -0.25) is 0 Å². The smallest absolute Gasteiger partial charge is 0.151 e. The number of fused-ring (bicyclic) bond motifs is 1. The predicted molar refractivity (Wildman–Crippen MR) is 107 cm³/mol. The maximum Gasteiger partial charge on any atom is 0.151 e. The molecule has 1 heterocycles. The molecule has 132 valence electrons. The van der Waals surface area contributed by atoms with Gasteiger partial charge in [-0.25, -0.2) is 4.98 Å². The molecule has 2 aromatic carbocycles. The van der Waals surface area contributed by atoms with Crippen LogP contribution in [0.25, 0.3) is 10.2 Å². The van der Waals surface area contributed by atoms with Crippen LogP contribution in [-0.2, 0) is 0 Å². The van der Waals surface area contributed by atoms with E-state index in [4.69, 9.17) is 4.74 Å². The van der Waals surface area contributed by atoms with Crippen LogP contribution in [-0.4, -0.2) is 28.6 Å². The third kappa shape index (κ3) is 4.75. The average molecular weight is 374 g/mol. The number of hydrogen-bond acceptors (Lipinski definition) is 5. The van der Waals surface area contributed by atoms with Gasteiger partial charge in [-0.2, -0.15) is 0 Å². The van der Waals surface area contributed by atoms with Crippen LogP contribution in [0.5, 0.6) is 5.75 Å². The molecule has 0 fully saturated rings. The third-order valence-corrected chi connectivity index (χ3v) is 6.30. The molecule has 0 spiro atoms. The molecule has 0 saturated heterocycles. The first-order valence-corrected chi connectivity index (χ1v) is 10.2. The van der Waals surface area contributed by atoms with Gasteiger partial charge in [0.25, 0.3) is 0 Å². The van der Waals surface area contributed by atoms with E-state index in [2.05, 4.69) is 37.9 Å². The number of aromatic nitrogens is 1. The van der Waals surface area contributed by atoms with Crippen molar-refractivity contribution in [2.45, 2.75) is 37.1 Å². The molecule has 1 N–H and O–H groups in total. The molecule has 5 heteroatoms. The van der Waals surface area contributed by atoms with Crippen molar-refractivity contribution in [1.29, 1.82) is 0 Å². The molecule has 1 aromatic heterocycles. The Labute approximate surface area is 157 Å². The zero-order chi connectivity index (χ0) is 17.8. The first-order valence-electron chi connectivity index (χ1n) is 8.42. The van der Waals surface area contributed by atoms with Gasteiger partial charge in [-0.05, 0) is 48.2 Å². The van der Waals surface area contributed by atoms with Crippen molar-refractivity contribution < 1.29 is 9.84 Å². The number of thiazole rings is 1. The van der Waals surface area contributed by atoms with E-state index < -0.39 is 6.10 Å². The summed E-state index contributed by atoms with van der Waals surface area (Å²) in [6.45, 7) is 6.76. The Morgan fingerprint density at radius 3 is 2.72 bits per heavy atom. The van der Waals surface area contributed by atoms with E-state index in [1.807, 2.05) is 30.3 Å². The normalized spacial score (nSPS) is 12.7. The van der Waals surface area contributed by atoms with E-state index in [-0.39, 0.29) is 0 Å². The molecule has 0 bridgehead atoms. The number of aliphatic hydroxyl groups is 1. The second-order valence-corrected chi connectivity index (χ2v) is 8.69. The highest BCUT2D eigenvalue weighted by Crippen LogP contribution is 2.30. The summed E-state index contributed by atoms with van der Waals surface area (Å²) in [4.78, 5) is 4.57. The van der Waals surface area contributed by atoms with Gasteiger partial charge < -0.3 is 9.84 Å². The minimum atomic E-state index is -0.526. The van der Waals surface area contributed by atoms with Crippen LogP contribution in [0, 0.1) is 6.92 Å². The molecule has 0 amide bonds. The Kier molecular flexibility index (Phi) is 5.99. The Morgan fingerprint density at radius 1 is 1.20 bits per heavy atom. The summed E-state index contributed by atoms with van der Waals surface area (Å²) in [5.74, 6) is 1.89. The van der Waals surface area contributed by atoms with E-state index in [1.165, 1.54) is 15.8 Å². The fraction of sp³-hybridized carbons (Fsp3) is 0.350. The van der Waals surface area contributed by atoms with Gasteiger partial charge in [-0.15, -0.1) is 11.3 Å². The zero-order valence-electron chi connectivity index (χ0n) is 14.7. The van der Waals surface area contributed by atoms with Crippen LogP contribution in [0.2, 0.25) is 0 Å². The number of para-hydroxylation sites is 1. The maximum atomic E-state index is 10.2. The molecule has 0 aliphatic heterocycles. The van der Waals surface area contributed by atoms with Crippen LogP contribution in [0.1, 0.15) is 30.9 Å². The monoisotopic (exact) mass is 373 g/mol. The molecule has 3 aromatic rings. The predicted octanol–water partition coefficient (Wildman–Crippen LogP) is 5.26. The lowest BCUT2D eigenvalue weighted by atomic mass is 9.98. The summed E-state index contributed by atoms with van der Waals surface area (Å²) < 4.78 is 7.91. The molecule has 3 rings (SSSR count). The fourth-order valence-corrected chi connectivity index (χ4v) is 4.71. The molecule has 0 radical (unpaired) electrons. The van der Waals surface area contributed by atoms with Gasteiger partial charge in [0.2, 0.25) is 0 Å². The molecule has 1 unspecified atom stereocenters. The molecule has 3 nitrogen and oxygen atoms in total. The summed E-state index contributed by atoms with van der Waals surface area (Å²) >= 11 is 3.24. The van der Waals surface area contributed by atoms with Crippen molar-refractivity contribution in [1.82, 2.24) is 4.98 Å². The molecule has 0 aliphatic carbocycles. The third-order valence-electron chi connectivity index (χ3n) is 3.98. The highest BCUT2D eigenvalue weighted by Gasteiger charge is 2.10. The number of benzene rings is 2. The molecule has 0 saturated carbocycles. The van der Waals surface area contributed by atoms with Gasteiger partial charge in [0.15, 0.2) is 4.34 Å². The van der Waals surface area contributed by atoms with Crippen molar-refractivity contribution in [3.05, 3.63) is 53.6 Å². The Hall–Kier alpha value is -1.56. The number of aliphatic hydroxyl groups excluding tert-OH is 1. The van der Waals surface area contributed by atoms with Crippen molar-refractivity contribution in [3.8, 4) is 5.75 Å². The number of rotatable bonds is 7. The number of ether oxygens (including phenoxy) is 1. The standard InChI is InChI=1S/C20H23NO2S2/c1-13(2)17-9-8-16(10-14(17)3)23-11-15(22)12-24-20-21-18-6-4-5-7-19(18)25-20/h4-10,13,15,22H,11-12H2,1-3H3. The van der Waals surface area contributed by atoms with Crippen molar-refractivity contribution in [2.24, 2.45) is 0 Å². The zero-order valence-corrected chi connectivity index (χ0v) is 16.4. The number of hydrogen-bond donors (Lipinski definition) is 1. The Balaban J connectivity index is 1.51. The molecular formula is C20H23NO2S2. The summed E-state index contributed by atoms with van der Waals surface area (Å²) in [7, 11) is 0. The van der Waals surface area contributed by atoms with Gasteiger partial charge >= 0.3 is 0 Å². The van der Waals surface area contributed by atoms with E-state index in [0.29, 0.717) is 18.3 Å². The summed E-state index contributed by atoms with van der Waals surface area (Å²) in [5, 5.41) is 10.2. The first-order chi connectivity index (χ1) is 12.0. The Bertz CT molecular complexity index is 812. The molecule has 1 atom stereocenters. The topological polar surface area (TPSA) is 42.4 Å². The molecule has 25 heavy (non-hydrogen) atoms. The van der Waals surface area contributed by atoms with Gasteiger partial charge in [-0.1, -0.05) is 43.8 Å². The number of thioether (sulfide) groups is 1. The maximum absolute atomic E-state index is 10.2. The van der Waals surface area contributed by atoms with Crippen LogP contribution >= 0.6 is 23.1 Å². The highest BCUT2D eigenvalue weighted by atomic mass is 32.2. The van der Waals surface area contributed by atoms with E-state index in [1.54, 1.807) is 23.1 Å². The summed E-state index contributed by atoms with van der Waals surface area (Å²) in [6, 6.07) is 14.2. The molecule has 0 aliphatic rings. The highest BCUT2D eigenvalue weighted by molar-refractivity contribution is 8.01. The summed E-state index contributed by atoms with van der Waals surface area (Å²) in [5.41, 5.74) is 3.58. The minimum Gasteiger partial charge on any atom is -0.491 e. The van der Waals surface area contributed by atoms with Crippen LogP contribution in [0.15, 0.2) is 46.8 Å². The Morgan fingerprint density at radius 2 is 2.00 bits per heavy atom. The SMILES string of the molecule is Cc1cc(OCC(O)CSc2nc3ccccc3s2)ccc1C(C)C. The summed E-state index contributed by atoms with van der Waals surface area (Å²) in [6.07, 6.45) is -0.526. The van der Waals surface area contributed by atoms with Crippen LogP contribution in [0.3, 0.4) is 0 Å². The minimum absolute atomic E-state index is 0.290. The number of nitrogens with zero attached hydrogens (tertiary/aromatic N) is 1. The fourth-order valence-electron chi connectivity index (χ4n) is 2.71. The average Bonchev–Trinajstić information content (AvgIpc) is 3.01. The van der Waals surface area contributed by atoms with Crippen molar-refractivity contribution in [3.63, 3.8) is 0 Å². The second-order valence-electron chi connectivity index (χ2n) is 6.40. The van der Waals surface area contributed by atoms with Gasteiger partial charge in [0, 0.05) is 5.75 Å². The van der Waals surface area contributed by atoms with E-state index in [0.717, 1.165) is 15.6 Å². The van der Waals surface area contributed by atoms with Gasteiger partial charge in [0.1, 0.15) is 12.4 Å². The lowest BCUT2D eigenvalue weighted by Gasteiger charge is -2.14. The lowest BCUT2D eigenvalue weighted by Crippen LogP contribution is -2.20.